The van der Waals surface area contributed by atoms with Crippen LogP contribution in [-0.2, 0) is 33.4 Å². The fourth-order valence-electron chi connectivity index (χ4n) is 2.78. The molecule has 0 saturated carbocycles. The van der Waals surface area contributed by atoms with E-state index in [1.807, 2.05) is 12.1 Å². The molecule has 0 aliphatic heterocycles. The number of hydrogen-bond acceptors (Lipinski definition) is 3. The SMILES string of the molecule is C=C(OCc1ccc(CO[Si](C)(C)C(C)(C)C)cc1)c1cccc(CO[Si](C)(C)C(C)(C)C)c1. The van der Waals surface area contributed by atoms with Gasteiger partial charge in [-0.25, -0.2) is 0 Å². The van der Waals surface area contributed by atoms with Gasteiger partial charge in [-0.3, -0.25) is 0 Å². The summed E-state index contributed by atoms with van der Waals surface area (Å²) in [6.45, 7) is 28.7. The molecule has 3 nitrogen and oxygen atoms in total. The quantitative estimate of drug-likeness (QED) is 0.242. The van der Waals surface area contributed by atoms with E-state index in [4.69, 9.17) is 13.6 Å². The van der Waals surface area contributed by atoms with E-state index in [0.717, 1.165) is 16.7 Å². The van der Waals surface area contributed by atoms with Crippen molar-refractivity contribution < 1.29 is 13.6 Å². The Bertz CT molecular complexity index is 949. The summed E-state index contributed by atoms with van der Waals surface area (Å²) in [5, 5.41) is 0.416. The van der Waals surface area contributed by atoms with Crippen LogP contribution < -0.4 is 0 Å². The van der Waals surface area contributed by atoms with Crippen molar-refractivity contribution in [3.8, 4) is 0 Å². The molecule has 34 heavy (non-hydrogen) atoms. The third-order valence-corrected chi connectivity index (χ3v) is 16.5. The monoisotopic (exact) mass is 498 g/mol. The van der Waals surface area contributed by atoms with Gasteiger partial charge in [-0.05, 0) is 59.0 Å². The lowest BCUT2D eigenvalue weighted by Crippen LogP contribution is -2.40. The molecule has 0 aliphatic rings. The summed E-state index contributed by atoms with van der Waals surface area (Å²) in [6, 6.07) is 16.8. The Morgan fingerprint density at radius 2 is 1.12 bits per heavy atom. The lowest BCUT2D eigenvalue weighted by Gasteiger charge is -2.36. The second-order valence-electron chi connectivity index (χ2n) is 12.3. The van der Waals surface area contributed by atoms with Crippen LogP contribution in [0.2, 0.25) is 36.3 Å². The molecule has 0 fully saturated rings. The van der Waals surface area contributed by atoms with E-state index >= 15 is 0 Å². The van der Waals surface area contributed by atoms with E-state index in [1.165, 1.54) is 5.56 Å². The Balaban J connectivity index is 1.91. The molecule has 188 valence electrons. The zero-order valence-corrected chi connectivity index (χ0v) is 25.2. The maximum Gasteiger partial charge on any atom is 0.192 e. The van der Waals surface area contributed by atoms with Gasteiger partial charge in [-0.1, -0.05) is 90.6 Å². The highest BCUT2D eigenvalue weighted by Gasteiger charge is 2.37. The van der Waals surface area contributed by atoms with E-state index in [0.29, 0.717) is 25.6 Å². The van der Waals surface area contributed by atoms with E-state index in [1.54, 1.807) is 0 Å². The molecule has 0 bridgehead atoms. The van der Waals surface area contributed by atoms with Crippen molar-refractivity contribution in [1.29, 1.82) is 0 Å². The first kappa shape index (κ1) is 28.6. The van der Waals surface area contributed by atoms with Gasteiger partial charge in [0.2, 0.25) is 0 Å². The molecule has 0 aliphatic carbocycles. The third kappa shape index (κ3) is 7.94. The predicted octanol–water partition coefficient (Wildman–Crippen LogP) is 8.92. The van der Waals surface area contributed by atoms with Gasteiger partial charge in [0.05, 0.1) is 13.2 Å². The summed E-state index contributed by atoms with van der Waals surface area (Å²) in [5.74, 6) is 0.680. The predicted molar refractivity (Wildman–Crippen MR) is 151 cm³/mol. The van der Waals surface area contributed by atoms with Crippen LogP contribution >= 0.6 is 0 Å². The number of ether oxygens (including phenoxy) is 1. The molecule has 2 aromatic carbocycles. The van der Waals surface area contributed by atoms with Crippen LogP contribution in [-0.4, -0.2) is 16.6 Å². The highest BCUT2D eigenvalue weighted by atomic mass is 28.4. The topological polar surface area (TPSA) is 27.7 Å². The summed E-state index contributed by atoms with van der Waals surface area (Å²) < 4.78 is 18.7. The smallest absolute Gasteiger partial charge is 0.192 e. The fraction of sp³-hybridized carbons (Fsp3) is 0.517. The van der Waals surface area contributed by atoms with Gasteiger partial charge in [0.1, 0.15) is 12.4 Å². The first-order valence-corrected chi connectivity index (χ1v) is 18.1. The first-order chi connectivity index (χ1) is 15.5. The van der Waals surface area contributed by atoms with E-state index in [2.05, 4.69) is 111 Å². The fourth-order valence-corrected chi connectivity index (χ4v) is 4.70. The highest BCUT2D eigenvalue weighted by Crippen LogP contribution is 2.38. The number of benzene rings is 2. The van der Waals surface area contributed by atoms with Crippen LogP contribution in [0.4, 0.5) is 0 Å². The average molecular weight is 499 g/mol. The Morgan fingerprint density at radius 1 is 0.676 bits per heavy atom. The summed E-state index contributed by atoms with van der Waals surface area (Å²) in [4.78, 5) is 0. The van der Waals surface area contributed by atoms with Gasteiger partial charge in [0.15, 0.2) is 16.6 Å². The van der Waals surface area contributed by atoms with Crippen molar-refractivity contribution in [3.05, 3.63) is 77.4 Å². The molecule has 2 rings (SSSR count). The molecule has 0 aromatic heterocycles. The summed E-state index contributed by atoms with van der Waals surface area (Å²) in [5.41, 5.74) is 4.46. The van der Waals surface area contributed by atoms with E-state index in [9.17, 15) is 0 Å². The maximum absolute atomic E-state index is 6.38. The van der Waals surface area contributed by atoms with Crippen molar-refractivity contribution in [2.24, 2.45) is 0 Å². The van der Waals surface area contributed by atoms with Crippen LogP contribution in [0.25, 0.3) is 5.76 Å². The Hall–Kier alpha value is -1.67. The molecule has 0 spiro atoms. The lowest BCUT2D eigenvalue weighted by atomic mass is 10.1. The molecule has 0 atom stereocenters. The second kappa shape index (κ2) is 10.9. The number of hydrogen-bond donors (Lipinski definition) is 0. The zero-order valence-electron chi connectivity index (χ0n) is 23.2. The minimum atomic E-state index is -1.78. The zero-order chi connectivity index (χ0) is 25.8. The minimum absolute atomic E-state index is 0.198. The second-order valence-corrected chi connectivity index (χ2v) is 21.9. The number of rotatable bonds is 10. The van der Waals surface area contributed by atoms with Crippen molar-refractivity contribution in [2.45, 2.75) is 97.6 Å². The molecule has 5 heteroatoms. The molecule has 0 amide bonds. The van der Waals surface area contributed by atoms with Crippen LogP contribution in [0, 0.1) is 0 Å². The van der Waals surface area contributed by atoms with Crippen molar-refractivity contribution in [2.75, 3.05) is 0 Å². The highest BCUT2D eigenvalue weighted by molar-refractivity contribution is 6.74. The Labute approximate surface area is 210 Å². The standard InChI is InChI=1S/C29H46O3Si2/c1-23(27-14-12-13-26(19-27)22-32-34(10,11)29(5,6)7)30-20-24-15-17-25(18-16-24)21-31-33(8,9)28(2,3)4/h12-19H,1,20-22H2,2-11H3. The van der Waals surface area contributed by atoms with Crippen molar-refractivity contribution in [1.82, 2.24) is 0 Å². The van der Waals surface area contributed by atoms with Crippen LogP contribution in [0.15, 0.2) is 55.1 Å². The summed E-state index contributed by atoms with van der Waals surface area (Å²) in [7, 11) is -3.53. The third-order valence-electron chi connectivity index (χ3n) is 7.50. The van der Waals surface area contributed by atoms with E-state index < -0.39 is 16.6 Å². The van der Waals surface area contributed by atoms with E-state index in [-0.39, 0.29) is 10.1 Å². The van der Waals surface area contributed by atoms with Crippen LogP contribution in [0.3, 0.4) is 0 Å². The molecule has 0 radical (unpaired) electrons. The van der Waals surface area contributed by atoms with Gasteiger partial charge in [0, 0.05) is 5.56 Å². The average Bonchev–Trinajstić information content (AvgIpc) is 2.74. The lowest BCUT2D eigenvalue weighted by molar-refractivity contribution is 0.264. The van der Waals surface area contributed by atoms with Gasteiger partial charge in [-0.15, -0.1) is 0 Å². The normalized spacial score (nSPS) is 13.1. The molecule has 0 unspecified atom stereocenters. The first-order valence-electron chi connectivity index (χ1n) is 12.3. The molecule has 0 saturated heterocycles. The van der Waals surface area contributed by atoms with Gasteiger partial charge >= 0.3 is 0 Å². The molecular weight excluding hydrogens is 452 g/mol. The summed E-state index contributed by atoms with van der Waals surface area (Å²) in [6.07, 6.45) is 0. The summed E-state index contributed by atoms with van der Waals surface area (Å²) >= 11 is 0. The van der Waals surface area contributed by atoms with Gasteiger partial charge in [-0.2, -0.15) is 0 Å². The van der Waals surface area contributed by atoms with Crippen LogP contribution in [0.5, 0.6) is 0 Å². The largest absolute Gasteiger partial charge is 0.489 e. The van der Waals surface area contributed by atoms with Gasteiger partial charge in [0.25, 0.3) is 0 Å². The van der Waals surface area contributed by atoms with Gasteiger partial charge < -0.3 is 13.6 Å². The van der Waals surface area contributed by atoms with Crippen molar-refractivity contribution in [3.63, 3.8) is 0 Å². The Morgan fingerprint density at radius 3 is 1.59 bits per heavy atom. The molecule has 0 N–H and O–H groups in total. The molecule has 0 heterocycles. The minimum Gasteiger partial charge on any atom is -0.489 e. The Kier molecular flexibility index (Phi) is 9.19. The molecule has 2 aromatic rings. The molecular formula is C29H46O3Si2. The maximum atomic E-state index is 6.38. The van der Waals surface area contributed by atoms with Crippen LogP contribution in [0.1, 0.15) is 63.8 Å². The van der Waals surface area contributed by atoms with Crippen molar-refractivity contribution >= 4 is 22.4 Å².